The van der Waals surface area contributed by atoms with Gasteiger partial charge in [-0.05, 0) is 77.4 Å². The number of para-hydroxylation sites is 3. The van der Waals surface area contributed by atoms with Crippen LogP contribution < -0.4 is 0 Å². The Kier molecular flexibility index (Phi) is 6.56. The fourth-order valence-electron chi connectivity index (χ4n) is 7.45. The summed E-state index contributed by atoms with van der Waals surface area (Å²) < 4.78 is 4.39. The molecule has 0 N–H and O–H groups in total. The molecular formula is C45H25N5. The first-order valence-corrected chi connectivity index (χ1v) is 16.3. The van der Waals surface area contributed by atoms with Crippen molar-refractivity contribution in [2.45, 2.75) is 0 Å². The second-order valence-electron chi connectivity index (χ2n) is 12.3. The van der Waals surface area contributed by atoms with E-state index in [1.807, 2.05) is 78.9 Å². The van der Waals surface area contributed by atoms with Crippen LogP contribution in [-0.4, -0.2) is 9.13 Å². The van der Waals surface area contributed by atoms with Gasteiger partial charge in [-0.2, -0.15) is 15.8 Å². The summed E-state index contributed by atoms with van der Waals surface area (Å²) in [5.41, 5.74) is 11.5. The predicted octanol–water partition coefficient (Wildman–Crippen LogP) is 10.8. The van der Waals surface area contributed by atoms with E-state index in [-0.39, 0.29) is 0 Å². The van der Waals surface area contributed by atoms with Crippen LogP contribution >= 0.6 is 0 Å². The monoisotopic (exact) mass is 635 g/mol. The highest BCUT2D eigenvalue weighted by Crippen LogP contribution is 2.41. The van der Waals surface area contributed by atoms with Gasteiger partial charge in [0.25, 0.3) is 0 Å². The van der Waals surface area contributed by atoms with Crippen molar-refractivity contribution < 1.29 is 0 Å². The topological polar surface area (TPSA) is 81.2 Å². The molecule has 0 aliphatic heterocycles. The van der Waals surface area contributed by atoms with Gasteiger partial charge in [-0.15, -0.1) is 0 Å². The van der Waals surface area contributed by atoms with Crippen LogP contribution in [0.1, 0.15) is 16.7 Å². The number of aromatic nitrogens is 2. The highest BCUT2D eigenvalue weighted by Gasteiger charge is 2.20. The number of nitriles is 3. The van der Waals surface area contributed by atoms with E-state index in [2.05, 4.69) is 100 Å². The quantitative estimate of drug-likeness (QED) is 0.193. The fourth-order valence-corrected chi connectivity index (χ4v) is 7.45. The van der Waals surface area contributed by atoms with Crippen LogP contribution in [0.3, 0.4) is 0 Å². The number of hydrogen-bond acceptors (Lipinski definition) is 3. The molecule has 0 radical (unpaired) electrons. The SMILES string of the molecule is N#Cc1ccc2c(c1)c1ccccc1n2-c1ccccc1-c1ccccc1-c1ccc(C#N)c(-n2c3ccccc3c3ccc(C#N)cc32)c1. The zero-order chi connectivity index (χ0) is 33.8. The molecular weight excluding hydrogens is 611 g/mol. The molecule has 0 saturated heterocycles. The summed E-state index contributed by atoms with van der Waals surface area (Å²) in [5.74, 6) is 0. The lowest BCUT2D eigenvalue weighted by molar-refractivity contribution is 1.17. The van der Waals surface area contributed by atoms with Gasteiger partial charge in [0.1, 0.15) is 6.07 Å². The third kappa shape index (κ3) is 4.31. The summed E-state index contributed by atoms with van der Waals surface area (Å²) in [4.78, 5) is 0. The molecule has 0 fully saturated rings. The van der Waals surface area contributed by atoms with Crippen molar-refractivity contribution in [2.75, 3.05) is 0 Å². The Morgan fingerprint density at radius 1 is 0.360 bits per heavy atom. The lowest BCUT2D eigenvalue weighted by Gasteiger charge is -2.18. The molecule has 9 aromatic rings. The predicted molar refractivity (Wildman–Crippen MR) is 200 cm³/mol. The summed E-state index contributed by atoms with van der Waals surface area (Å²) in [6.07, 6.45) is 0. The maximum atomic E-state index is 10.4. The van der Waals surface area contributed by atoms with Crippen molar-refractivity contribution in [1.82, 2.24) is 9.13 Å². The molecule has 0 unspecified atom stereocenters. The second kappa shape index (κ2) is 11.4. The molecule has 7 aromatic carbocycles. The Hall–Kier alpha value is -7.39. The average Bonchev–Trinajstić information content (AvgIpc) is 3.69. The van der Waals surface area contributed by atoms with Gasteiger partial charge < -0.3 is 9.13 Å². The first kappa shape index (κ1) is 28.8. The molecule has 9 rings (SSSR count). The summed E-state index contributed by atoms with van der Waals surface area (Å²) in [6.45, 7) is 0. The number of benzene rings is 7. The van der Waals surface area contributed by atoms with Gasteiger partial charge in [-0.25, -0.2) is 0 Å². The smallest absolute Gasteiger partial charge is 0.101 e. The van der Waals surface area contributed by atoms with E-state index in [1.165, 1.54) is 0 Å². The lowest BCUT2D eigenvalue weighted by Crippen LogP contribution is -2.00. The van der Waals surface area contributed by atoms with Gasteiger partial charge in [0.05, 0.1) is 62.3 Å². The molecule has 0 aliphatic carbocycles. The van der Waals surface area contributed by atoms with Crippen LogP contribution in [-0.2, 0) is 0 Å². The third-order valence-corrected chi connectivity index (χ3v) is 9.64. The van der Waals surface area contributed by atoms with Gasteiger partial charge in [-0.3, -0.25) is 0 Å². The average molecular weight is 636 g/mol. The molecule has 0 atom stereocenters. The second-order valence-corrected chi connectivity index (χ2v) is 12.3. The van der Waals surface area contributed by atoms with Gasteiger partial charge in [0, 0.05) is 27.1 Å². The fraction of sp³-hybridized carbons (Fsp3) is 0. The zero-order valence-corrected chi connectivity index (χ0v) is 26.7. The van der Waals surface area contributed by atoms with E-state index >= 15 is 0 Å². The molecule has 2 heterocycles. The Morgan fingerprint density at radius 2 is 0.920 bits per heavy atom. The van der Waals surface area contributed by atoms with Gasteiger partial charge in [0.15, 0.2) is 0 Å². The lowest BCUT2D eigenvalue weighted by atomic mass is 9.92. The normalized spacial score (nSPS) is 11.1. The Balaban J connectivity index is 1.29. The van der Waals surface area contributed by atoms with Crippen molar-refractivity contribution in [3.8, 4) is 51.8 Å². The molecule has 2 aromatic heterocycles. The molecule has 230 valence electrons. The van der Waals surface area contributed by atoms with Crippen LogP contribution in [0.5, 0.6) is 0 Å². The van der Waals surface area contributed by atoms with Crippen LogP contribution in [0.4, 0.5) is 0 Å². The summed E-state index contributed by atoms with van der Waals surface area (Å²) in [6, 6.07) is 57.9. The van der Waals surface area contributed by atoms with E-state index < -0.39 is 0 Å². The van der Waals surface area contributed by atoms with Crippen LogP contribution in [0.25, 0.3) is 77.2 Å². The number of hydrogen-bond donors (Lipinski definition) is 0. The van der Waals surface area contributed by atoms with E-state index in [0.29, 0.717) is 16.7 Å². The standard InChI is InChI=1S/C45H25N5/c46-26-29-18-22-43-39(23-29)37-13-5-8-16-42(37)49(43)40-14-6-3-11-35(40)34-10-2-1-9-33(34)31-19-20-32(28-48)44(25-31)50-41-15-7-4-12-36(41)38-21-17-30(27-47)24-45(38)50/h1-25H. The van der Waals surface area contributed by atoms with Gasteiger partial charge >= 0.3 is 0 Å². The van der Waals surface area contributed by atoms with Gasteiger partial charge in [-0.1, -0.05) is 91.0 Å². The van der Waals surface area contributed by atoms with Crippen molar-refractivity contribution in [2.24, 2.45) is 0 Å². The molecule has 0 spiro atoms. The minimum Gasteiger partial charge on any atom is -0.309 e. The molecule has 5 heteroatoms. The summed E-state index contributed by atoms with van der Waals surface area (Å²) in [5, 5.41) is 34.0. The Morgan fingerprint density at radius 3 is 1.66 bits per heavy atom. The third-order valence-electron chi connectivity index (χ3n) is 9.64. The number of fused-ring (bicyclic) bond motifs is 6. The maximum absolute atomic E-state index is 10.4. The van der Waals surface area contributed by atoms with E-state index in [9.17, 15) is 15.8 Å². The number of rotatable bonds is 4. The first-order valence-electron chi connectivity index (χ1n) is 16.3. The van der Waals surface area contributed by atoms with Crippen molar-refractivity contribution >= 4 is 43.6 Å². The van der Waals surface area contributed by atoms with Crippen molar-refractivity contribution in [3.63, 3.8) is 0 Å². The highest BCUT2D eigenvalue weighted by molar-refractivity contribution is 6.11. The molecule has 50 heavy (non-hydrogen) atoms. The molecule has 0 aliphatic rings. The molecule has 0 amide bonds. The van der Waals surface area contributed by atoms with Crippen LogP contribution in [0, 0.1) is 34.0 Å². The van der Waals surface area contributed by atoms with E-state index in [4.69, 9.17) is 0 Å². The summed E-state index contributed by atoms with van der Waals surface area (Å²) >= 11 is 0. The largest absolute Gasteiger partial charge is 0.309 e. The Bertz CT molecular complexity index is 2970. The van der Waals surface area contributed by atoms with Crippen molar-refractivity contribution in [1.29, 1.82) is 15.8 Å². The minimum absolute atomic E-state index is 0.540. The zero-order valence-electron chi connectivity index (χ0n) is 26.7. The molecule has 0 saturated carbocycles. The first-order chi connectivity index (χ1) is 24.7. The van der Waals surface area contributed by atoms with Crippen molar-refractivity contribution in [3.05, 3.63) is 168 Å². The minimum atomic E-state index is 0.540. The van der Waals surface area contributed by atoms with E-state index in [0.717, 1.165) is 77.2 Å². The highest BCUT2D eigenvalue weighted by atomic mass is 15.0. The molecule has 0 bridgehead atoms. The Labute approximate surface area is 287 Å². The maximum Gasteiger partial charge on any atom is 0.101 e. The number of nitrogens with zero attached hydrogens (tertiary/aromatic N) is 5. The van der Waals surface area contributed by atoms with Gasteiger partial charge in [0.2, 0.25) is 0 Å². The molecule has 5 nitrogen and oxygen atoms in total. The van der Waals surface area contributed by atoms with Crippen LogP contribution in [0.15, 0.2) is 152 Å². The van der Waals surface area contributed by atoms with Crippen LogP contribution in [0.2, 0.25) is 0 Å². The summed E-state index contributed by atoms with van der Waals surface area (Å²) in [7, 11) is 0. The van der Waals surface area contributed by atoms with E-state index in [1.54, 1.807) is 0 Å².